The Bertz CT molecular complexity index is 723. The second-order valence-corrected chi connectivity index (χ2v) is 5.35. The Labute approximate surface area is 129 Å². The van der Waals surface area contributed by atoms with Crippen LogP contribution in [0.1, 0.15) is 16.7 Å². The summed E-state index contributed by atoms with van der Waals surface area (Å²) in [6.45, 7) is 1.70. The molecule has 0 amide bonds. The van der Waals surface area contributed by atoms with Crippen LogP contribution in [0.4, 0.5) is 0 Å². The van der Waals surface area contributed by atoms with Gasteiger partial charge in [-0.2, -0.15) is 0 Å². The van der Waals surface area contributed by atoms with Crippen molar-refractivity contribution in [1.29, 1.82) is 0 Å². The van der Waals surface area contributed by atoms with Gasteiger partial charge < -0.3 is 5.32 Å². The molecule has 0 radical (unpaired) electrons. The first kappa shape index (κ1) is 14.1. The molecule has 0 fully saturated rings. The van der Waals surface area contributed by atoms with Gasteiger partial charge in [-0.3, -0.25) is 4.98 Å². The highest BCUT2D eigenvalue weighted by atomic mass is 35.5. The number of alkyl halides is 1. The monoisotopic (exact) mass is 296 g/mol. The van der Waals surface area contributed by atoms with E-state index in [1.54, 1.807) is 0 Å². The average Bonchev–Trinajstić information content (AvgIpc) is 2.55. The highest BCUT2D eigenvalue weighted by Gasteiger charge is 1.98. The molecular formula is C18H17ClN2. The zero-order valence-electron chi connectivity index (χ0n) is 11.7. The molecule has 0 saturated heterocycles. The molecule has 0 unspecified atom stereocenters. The van der Waals surface area contributed by atoms with Crippen molar-refractivity contribution in [3.8, 4) is 0 Å². The molecular weight excluding hydrogens is 280 g/mol. The quantitative estimate of drug-likeness (QED) is 0.712. The van der Waals surface area contributed by atoms with Crippen molar-refractivity contribution in [2.24, 2.45) is 0 Å². The summed E-state index contributed by atoms with van der Waals surface area (Å²) in [5.41, 5.74) is 4.74. The number of benzene rings is 2. The summed E-state index contributed by atoms with van der Waals surface area (Å²) in [6.07, 6.45) is 1.82. The molecule has 2 nitrogen and oxygen atoms in total. The van der Waals surface area contributed by atoms with E-state index in [1.807, 2.05) is 12.3 Å². The second-order valence-electron chi connectivity index (χ2n) is 5.08. The first-order valence-electron chi connectivity index (χ1n) is 7.03. The summed E-state index contributed by atoms with van der Waals surface area (Å²) in [4.78, 5) is 4.34. The molecule has 1 aromatic heterocycles. The fourth-order valence-corrected chi connectivity index (χ4v) is 2.51. The van der Waals surface area contributed by atoms with Crippen LogP contribution in [0.25, 0.3) is 10.9 Å². The number of rotatable bonds is 5. The van der Waals surface area contributed by atoms with Gasteiger partial charge in [-0.25, -0.2) is 0 Å². The zero-order valence-corrected chi connectivity index (χ0v) is 12.5. The lowest BCUT2D eigenvalue weighted by atomic mass is 10.1. The van der Waals surface area contributed by atoms with Crippen LogP contribution in [0.2, 0.25) is 0 Å². The Kier molecular flexibility index (Phi) is 4.49. The van der Waals surface area contributed by atoms with Gasteiger partial charge in [-0.05, 0) is 34.9 Å². The van der Waals surface area contributed by atoms with Crippen molar-refractivity contribution >= 4 is 22.5 Å². The molecule has 3 aromatic rings. The minimum atomic E-state index is 0.568. The minimum Gasteiger partial charge on any atom is -0.309 e. The molecule has 0 aliphatic rings. The van der Waals surface area contributed by atoms with Gasteiger partial charge in [-0.15, -0.1) is 11.6 Å². The van der Waals surface area contributed by atoms with Gasteiger partial charge in [-0.1, -0.05) is 36.4 Å². The third-order valence-corrected chi connectivity index (χ3v) is 3.81. The predicted molar refractivity (Wildman–Crippen MR) is 88.3 cm³/mol. The van der Waals surface area contributed by atoms with Gasteiger partial charge in [0, 0.05) is 30.6 Å². The molecule has 106 valence electrons. The van der Waals surface area contributed by atoms with Crippen LogP contribution in [0, 0.1) is 0 Å². The Morgan fingerprint density at radius 2 is 1.57 bits per heavy atom. The number of hydrogen-bond acceptors (Lipinski definition) is 2. The number of hydrogen-bond donors (Lipinski definition) is 1. The van der Waals surface area contributed by atoms with Crippen LogP contribution < -0.4 is 5.32 Å². The molecule has 1 heterocycles. The van der Waals surface area contributed by atoms with Gasteiger partial charge in [0.15, 0.2) is 0 Å². The molecule has 0 bridgehead atoms. The van der Waals surface area contributed by atoms with E-state index in [9.17, 15) is 0 Å². The lowest BCUT2D eigenvalue weighted by Gasteiger charge is -2.07. The molecule has 3 rings (SSSR count). The number of nitrogens with zero attached hydrogens (tertiary/aromatic N) is 1. The van der Waals surface area contributed by atoms with Crippen LogP contribution in [0.5, 0.6) is 0 Å². The van der Waals surface area contributed by atoms with Crippen molar-refractivity contribution in [3.63, 3.8) is 0 Å². The first-order chi connectivity index (χ1) is 10.3. The maximum atomic E-state index is 5.79. The highest BCUT2D eigenvalue weighted by molar-refractivity contribution is 6.17. The van der Waals surface area contributed by atoms with E-state index in [2.05, 4.69) is 58.8 Å². The minimum absolute atomic E-state index is 0.568. The van der Waals surface area contributed by atoms with Crippen molar-refractivity contribution in [1.82, 2.24) is 10.3 Å². The Hall–Kier alpha value is -1.90. The third-order valence-electron chi connectivity index (χ3n) is 3.50. The van der Waals surface area contributed by atoms with E-state index in [4.69, 9.17) is 11.6 Å². The maximum Gasteiger partial charge on any atom is 0.0702 e. The lowest BCUT2D eigenvalue weighted by molar-refractivity contribution is 0.694. The fraction of sp³-hybridized carbons (Fsp3) is 0.167. The molecule has 3 heteroatoms. The van der Waals surface area contributed by atoms with Crippen LogP contribution in [0.15, 0.2) is 60.8 Å². The number of pyridine rings is 1. The molecule has 21 heavy (non-hydrogen) atoms. The molecule has 0 aliphatic heterocycles. The van der Waals surface area contributed by atoms with E-state index < -0.39 is 0 Å². The maximum absolute atomic E-state index is 5.79. The molecule has 0 aliphatic carbocycles. The molecule has 0 saturated carbocycles. The highest BCUT2D eigenvalue weighted by Crippen LogP contribution is 2.13. The van der Waals surface area contributed by atoms with E-state index in [1.165, 1.54) is 16.5 Å². The van der Waals surface area contributed by atoms with Gasteiger partial charge in [0.2, 0.25) is 0 Å². The largest absolute Gasteiger partial charge is 0.309 e. The summed E-state index contributed by atoms with van der Waals surface area (Å²) in [5, 5.41) is 4.65. The van der Waals surface area contributed by atoms with Gasteiger partial charge in [0.05, 0.1) is 5.52 Å². The van der Waals surface area contributed by atoms with Crippen molar-refractivity contribution in [2.75, 3.05) is 0 Å². The smallest absolute Gasteiger partial charge is 0.0702 e. The van der Waals surface area contributed by atoms with Crippen LogP contribution >= 0.6 is 11.6 Å². The summed E-state index contributed by atoms with van der Waals surface area (Å²) in [5.74, 6) is 0.568. The normalized spacial score (nSPS) is 10.9. The molecule has 0 atom stereocenters. The van der Waals surface area contributed by atoms with Crippen molar-refractivity contribution < 1.29 is 0 Å². The number of aromatic nitrogens is 1. The van der Waals surface area contributed by atoms with Gasteiger partial charge in [0.25, 0.3) is 0 Å². The first-order valence-corrected chi connectivity index (χ1v) is 7.57. The van der Waals surface area contributed by atoms with Crippen LogP contribution in [-0.2, 0) is 19.0 Å². The van der Waals surface area contributed by atoms with Gasteiger partial charge in [0.1, 0.15) is 0 Å². The molecule has 2 aromatic carbocycles. The molecule has 0 spiro atoms. The predicted octanol–water partition coefficient (Wildman–Crippen LogP) is 4.26. The van der Waals surface area contributed by atoms with Crippen molar-refractivity contribution in [2.45, 2.75) is 19.0 Å². The lowest BCUT2D eigenvalue weighted by Crippen LogP contribution is -2.12. The fourth-order valence-electron chi connectivity index (χ4n) is 2.33. The summed E-state index contributed by atoms with van der Waals surface area (Å²) in [7, 11) is 0. The summed E-state index contributed by atoms with van der Waals surface area (Å²) >= 11 is 5.79. The second kappa shape index (κ2) is 6.70. The SMILES string of the molecule is ClCc1ccc(CNCc2ccc3ncccc3c2)cc1. The molecule has 1 N–H and O–H groups in total. The van der Waals surface area contributed by atoms with Crippen molar-refractivity contribution in [3.05, 3.63) is 77.5 Å². The third kappa shape index (κ3) is 3.60. The number of nitrogens with one attached hydrogen (secondary N) is 1. The van der Waals surface area contributed by atoms with Crippen LogP contribution in [-0.4, -0.2) is 4.98 Å². The van der Waals surface area contributed by atoms with Crippen LogP contribution in [0.3, 0.4) is 0 Å². The summed E-state index contributed by atoms with van der Waals surface area (Å²) < 4.78 is 0. The van der Waals surface area contributed by atoms with Gasteiger partial charge >= 0.3 is 0 Å². The van der Waals surface area contributed by atoms with E-state index in [-0.39, 0.29) is 0 Å². The number of halogens is 1. The average molecular weight is 297 g/mol. The standard InChI is InChI=1S/C18H17ClN2/c19-11-14-3-5-15(6-4-14)12-20-13-16-7-8-18-17(10-16)2-1-9-21-18/h1-10,20H,11-13H2. The Morgan fingerprint density at radius 3 is 2.38 bits per heavy atom. The Morgan fingerprint density at radius 1 is 0.857 bits per heavy atom. The van der Waals surface area contributed by atoms with E-state index in [0.29, 0.717) is 5.88 Å². The zero-order chi connectivity index (χ0) is 14.5. The number of fused-ring (bicyclic) bond motifs is 1. The van der Waals surface area contributed by atoms with E-state index >= 15 is 0 Å². The summed E-state index contributed by atoms with van der Waals surface area (Å²) in [6, 6.07) is 18.8. The van der Waals surface area contributed by atoms with E-state index in [0.717, 1.165) is 24.2 Å². The topological polar surface area (TPSA) is 24.9 Å². The Balaban J connectivity index is 1.60.